The molecule has 1 unspecified atom stereocenters. The normalized spacial score (nSPS) is 18.2. The van der Waals surface area contributed by atoms with E-state index >= 15 is 0 Å². The summed E-state index contributed by atoms with van der Waals surface area (Å²) in [7, 11) is 0. The Morgan fingerprint density at radius 1 is 1.45 bits per heavy atom. The number of hydrogen-bond donors (Lipinski definition) is 2. The maximum atomic E-state index is 12.0. The van der Waals surface area contributed by atoms with E-state index in [9.17, 15) is 14.4 Å². The molecule has 1 aliphatic rings. The molecule has 1 fully saturated rings. The first-order valence-electron chi connectivity index (χ1n) is 6.33. The van der Waals surface area contributed by atoms with E-state index < -0.39 is 18.0 Å². The van der Waals surface area contributed by atoms with Crippen LogP contribution in [0.3, 0.4) is 0 Å². The van der Waals surface area contributed by atoms with E-state index in [1.54, 1.807) is 0 Å². The number of carbonyl (C=O) groups excluding carboxylic acids is 2. The van der Waals surface area contributed by atoms with Crippen LogP contribution in [0.5, 0.6) is 0 Å². The predicted octanol–water partition coefficient (Wildman–Crippen LogP) is 1.00. The van der Waals surface area contributed by atoms with Crippen molar-refractivity contribution in [2.45, 2.75) is 32.4 Å². The molecule has 1 saturated heterocycles. The molecule has 0 spiro atoms. The highest BCUT2D eigenvalue weighted by molar-refractivity contribution is 6.04. The molecule has 1 aromatic heterocycles. The third-order valence-corrected chi connectivity index (χ3v) is 3.08. The number of amides is 3. The molecule has 2 heterocycles. The fraction of sp³-hybridized carbons (Fsp3) is 0.385. The molecular weight excluding hydrogens is 262 g/mol. The first kappa shape index (κ1) is 14.0. The molecule has 2 N–H and O–H groups in total. The lowest BCUT2D eigenvalue weighted by molar-refractivity contribution is -0.128. The highest BCUT2D eigenvalue weighted by atomic mass is 16.4. The van der Waals surface area contributed by atoms with Gasteiger partial charge >= 0.3 is 12.0 Å². The van der Waals surface area contributed by atoms with Crippen LogP contribution < -0.4 is 5.32 Å². The number of carbonyl (C=O) groups is 3. The number of nitrogens with zero attached hydrogens (tertiary/aromatic N) is 2. The summed E-state index contributed by atoms with van der Waals surface area (Å²) in [5, 5.41) is 11.4. The Kier molecular flexibility index (Phi) is 3.97. The number of hydrogen-bond acceptors (Lipinski definition) is 4. The lowest BCUT2D eigenvalue weighted by Gasteiger charge is -2.12. The molecule has 2 rings (SSSR count). The van der Waals surface area contributed by atoms with Crippen molar-refractivity contribution in [3.63, 3.8) is 0 Å². The number of rotatable bonds is 5. The summed E-state index contributed by atoms with van der Waals surface area (Å²) in [4.78, 5) is 39.5. The van der Waals surface area contributed by atoms with Crippen molar-refractivity contribution in [1.82, 2.24) is 15.2 Å². The second-order valence-corrected chi connectivity index (χ2v) is 4.56. The Bertz CT molecular complexity index is 541. The minimum absolute atomic E-state index is 0.0464. The lowest BCUT2D eigenvalue weighted by atomic mass is 10.1. The van der Waals surface area contributed by atoms with Crippen LogP contribution in [-0.4, -0.2) is 38.9 Å². The van der Waals surface area contributed by atoms with Gasteiger partial charge in [0.05, 0.1) is 17.8 Å². The van der Waals surface area contributed by atoms with Gasteiger partial charge < -0.3 is 10.4 Å². The number of carboxylic acids is 1. The van der Waals surface area contributed by atoms with Crippen molar-refractivity contribution in [3.8, 4) is 0 Å². The maximum absolute atomic E-state index is 12.0. The largest absolute Gasteiger partial charge is 0.478 e. The summed E-state index contributed by atoms with van der Waals surface area (Å²) in [5.41, 5.74) is 0.533. The highest BCUT2D eigenvalue weighted by Gasteiger charge is 2.37. The molecule has 1 aliphatic heterocycles. The maximum Gasteiger partial charge on any atom is 0.337 e. The molecule has 0 bridgehead atoms. The number of aromatic nitrogens is 1. The van der Waals surface area contributed by atoms with Crippen molar-refractivity contribution < 1.29 is 19.5 Å². The fourth-order valence-electron chi connectivity index (χ4n) is 2.02. The molecule has 1 atom stereocenters. The number of aromatic carboxylic acids is 1. The monoisotopic (exact) mass is 277 g/mol. The van der Waals surface area contributed by atoms with Crippen LogP contribution in [-0.2, 0) is 11.3 Å². The molecular formula is C13H15N3O4. The predicted molar refractivity (Wildman–Crippen MR) is 69.0 cm³/mol. The summed E-state index contributed by atoms with van der Waals surface area (Å²) >= 11 is 0. The van der Waals surface area contributed by atoms with Crippen molar-refractivity contribution in [3.05, 3.63) is 29.6 Å². The zero-order valence-electron chi connectivity index (χ0n) is 11.0. The van der Waals surface area contributed by atoms with Crippen molar-refractivity contribution in [2.24, 2.45) is 0 Å². The van der Waals surface area contributed by atoms with Gasteiger partial charge in [0.2, 0.25) is 0 Å². The van der Waals surface area contributed by atoms with Crippen LogP contribution in [0.25, 0.3) is 0 Å². The van der Waals surface area contributed by atoms with E-state index in [1.807, 2.05) is 6.92 Å². The minimum atomic E-state index is -1.07. The van der Waals surface area contributed by atoms with Gasteiger partial charge in [-0.05, 0) is 18.6 Å². The lowest BCUT2D eigenvalue weighted by Crippen LogP contribution is -2.31. The van der Waals surface area contributed by atoms with Crippen LogP contribution in [0, 0.1) is 0 Å². The molecule has 20 heavy (non-hydrogen) atoms. The van der Waals surface area contributed by atoms with E-state index in [1.165, 1.54) is 18.3 Å². The number of nitrogens with one attached hydrogen (secondary N) is 1. The first-order chi connectivity index (χ1) is 9.52. The van der Waals surface area contributed by atoms with E-state index in [2.05, 4.69) is 10.3 Å². The third kappa shape index (κ3) is 2.76. The van der Waals surface area contributed by atoms with E-state index in [4.69, 9.17) is 5.11 Å². The summed E-state index contributed by atoms with van der Waals surface area (Å²) in [6, 6.07) is 1.99. The van der Waals surface area contributed by atoms with Gasteiger partial charge in [-0.25, -0.2) is 9.59 Å². The van der Waals surface area contributed by atoms with Gasteiger partial charge in [0, 0.05) is 6.20 Å². The molecule has 0 saturated carbocycles. The first-order valence-corrected chi connectivity index (χ1v) is 6.33. The molecule has 7 heteroatoms. The molecule has 0 aromatic carbocycles. The van der Waals surface area contributed by atoms with Crippen LogP contribution in [0.1, 0.15) is 35.8 Å². The Labute approximate surface area is 115 Å². The van der Waals surface area contributed by atoms with E-state index in [0.717, 1.165) is 11.3 Å². The van der Waals surface area contributed by atoms with Gasteiger partial charge in [0.15, 0.2) is 0 Å². The number of imide groups is 1. The molecule has 0 aliphatic carbocycles. The number of urea groups is 1. The van der Waals surface area contributed by atoms with Gasteiger partial charge in [0.25, 0.3) is 5.91 Å². The smallest absolute Gasteiger partial charge is 0.337 e. The van der Waals surface area contributed by atoms with Gasteiger partial charge in [-0.1, -0.05) is 13.3 Å². The second-order valence-electron chi connectivity index (χ2n) is 4.56. The summed E-state index contributed by atoms with van der Waals surface area (Å²) in [6.45, 7) is 1.99. The standard InChI is InChI=1S/C13H15N3O4/c1-2-3-10-11(17)16(13(20)15-10)7-9-5-4-8(6-14-9)12(18)19/h4-6,10H,2-3,7H2,1H3,(H,15,20)(H,18,19). The third-order valence-electron chi connectivity index (χ3n) is 3.08. The number of pyridine rings is 1. The summed E-state index contributed by atoms with van der Waals surface area (Å²) < 4.78 is 0. The van der Waals surface area contributed by atoms with Gasteiger partial charge in [-0.15, -0.1) is 0 Å². The second kappa shape index (κ2) is 5.68. The molecule has 106 valence electrons. The van der Waals surface area contributed by atoms with Gasteiger partial charge in [0.1, 0.15) is 6.04 Å². The van der Waals surface area contributed by atoms with Crippen LogP contribution in [0.4, 0.5) is 4.79 Å². The molecule has 7 nitrogen and oxygen atoms in total. The van der Waals surface area contributed by atoms with Crippen molar-refractivity contribution in [1.29, 1.82) is 0 Å². The Hall–Kier alpha value is -2.44. The Morgan fingerprint density at radius 3 is 2.75 bits per heavy atom. The fourth-order valence-corrected chi connectivity index (χ4v) is 2.02. The quantitative estimate of drug-likeness (QED) is 0.782. The van der Waals surface area contributed by atoms with E-state index in [-0.39, 0.29) is 18.0 Å². The number of carboxylic acid groups (broad SMARTS) is 1. The average Bonchev–Trinajstić information content (AvgIpc) is 2.68. The van der Waals surface area contributed by atoms with Gasteiger partial charge in [-0.3, -0.25) is 14.7 Å². The van der Waals surface area contributed by atoms with Crippen molar-refractivity contribution in [2.75, 3.05) is 0 Å². The highest BCUT2D eigenvalue weighted by Crippen LogP contribution is 2.14. The zero-order valence-corrected chi connectivity index (χ0v) is 11.0. The minimum Gasteiger partial charge on any atom is -0.478 e. The molecule has 3 amide bonds. The SMILES string of the molecule is CCCC1NC(=O)N(Cc2ccc(C(=O)O)cn2)C1=O. The average molecular weight is 277 g/mol. The van der Waals surface area contributed by atoms with Gasteiger partial charge in [-0.2, -0.15) is 0 Å². The van der Waals surface area contributed by atoms with Crippen LogP contribution in [0.15, 0.2) is 18.3 Å². The van der Waals surface area contributed by atoms with Crippen LogP contribution >= 0.6 is 0 Å². The van der Waals surface area contributed by atoms with Crippen LogP contribution in [0.2, 0.25) is 0 Å². The molecule has 1 aromatic rings. The topological polar surface area (TPSA) is 99.6 Å². The summed E-state index contributed by atoms with van der Waals surface area (Å²) in [5.74, 6) is -1.33. The van der Waals surface area contributed by atoms with Crippen molar-refractivity contribution >= 4 is 17.9 Å². The molecule has 0 radical (unpaired) electrons. The zero-order chi connectivity index (χ0) is 14.7. The Morgan fingerprint density at radius 2 is 2.20 bits per heavy atom. The van der Waals surface area contributed by atoms with E-state index in [0.29, 0.717) is 12.1 Å². The summed E-state index contributed by atoms with van der Waals surface area (Å²) in [6.07, 6.45) is 2.61. The Balaban J connectivity index is 2.07.